The van der Waals surface area contributed by atoms with Crippen LogP contribution in [0.1, 0.15) is 22.8 Å². The van der Waals surface area contributed by atoms with Crippen molar-refractivity contribution >= 4 is 49.3 Å². The second-order valence-corrected chi connectivity index (χ2v) is 7.19. The normalized spacial score (nSPS) is 12.6. The van der Waals surface area contributed by atoms with Crippen molar-refractivity contribution in [1.82, 2.24) is 0 Å². The average Bonchev–Trinajstić information content (AvgIpc) is 2.49. The van der Waals surface area contributed by atoms with Crippen molar-refractivity contribution in [1.29, 1.82) is 0 Å². The lowest BCUT2D eigenvalue weighted by atomic mass is 9.92. The quantitative estimate of drug-likeness (QED) is 0.502. The van der Waals surface area contributed by atoms with Gasteiger partial charge in [-0.1, -0.05) is 52.3 Å². The smallest absolute Gasteiger partial charge is 0.106 e. The van der Waals surface area contributed by atoms with Crippen molar-refractivity contribution in [2.75, 3.05) is 0 Å². The van der Waals surface area contributed by atoms with E-state index in [9.17, 15) is 5.11 Å². The Morgan fingerprint density at radius 3 is 2.62 bits per heavy atom. The highest BCUT2D eigenvalue weighted by atomic mass is 127. The van der Waals surface area contributed by atoms with Gasteiger partial charge in [0.1, 0.15) is 6.10 Å². The van der Waals surface area contributed by atoms with Gasteiger partial charge in [-0.05, 0) is 69.6 Å². The molecule has 0 spiro atoms. The molecule has 3 rings (SSSR count). The van der Waals surface area contributed by atoms with E-state index in [0.717, 1.165) is 35.5 Å². The molecule has 3 heteroatoms. The second kappa shape index (κ2) is 6.07. The van der Waals surface area contributed by atoms with Gasteiger partial charge >= 0.3 is 0 Å². The van der Waals surface area contributed by atoms with Gasteiger partial charge in [-0.2, -0.15) is 0 Å². The van der Waals surface area contributed by atoms with E-state index < -0.39 is 6.10 Å². The summed E-state index contributed by atoms with van der Waals surface area (Å²) in [5, 5.41) is 13.2. The molecule has 0 fully saturated rings. The van der Waals surface area contributed by atoms with E-state index in [1.165, 1.54) is 0 Å². The fourth-order valence-corrected chi connectivity index (χ4v) is 3.63. The Kier molecular flexibility index (Phi) is 4.33. The van der Waals surface area contributed by atoms with Crippen LogP contribution in [-0.4, -0.2) is 5.11 Å². The molecule has 0 saturated carbocycles. The van der Waals surface area contributed by atoms with Gasteiger partial charge in [0.2, 0.25) is 0 Å². The van der Waals surface area contributed by atoms with Crippen LogP contribution in [0, 0.1) is 10.5 Å². The van der Waals surface area contributed by atoms with Gasteiger partial charge in [0.15, 0.2) is 0 Å². The minimum absolute atomic E-state index is 0.639. The van der Waals surface area contributed by atoms with Crippen molar-refractivity contribution in [3.8, 4) is 0 Å². The lowest BCUT2D eigenvalue weighted by molar-refractivity contribution is 0.220. The van der Waals surface area contributed by atoms with Gasteiger partial charge in [-0.3, -0.25) is 0 Å². The SMILES string of the molecule is Cc1ccc2ccccc2c1C(O)c1cc(I)ccc1Br. The van der Waals surface area contributed by atoms with Crippen LogP contribution in [0.4, 0.5) is 0 Å². The van der Waals surface area contributed by atoms with Crippen molar-refractivity contribution in [2.24, 2.45) is 0 Å². The molecule has 0 saturated heterocycles. The number of aliphatic hydroxyl groups excluding tert-OH is 1. The summed E-state index contributed by atoms with van der Waals surface area (Å²) in [6.07, 6.45) is -0.639. The van der Waals surface area contributed by atoms with Crippen molar-refractivity contribution in [3.63, 3.8) is 0 Å². The van der Waals surface area contributed by atoms with Gasteiger partial charge in [0.25, 0.3) is 0 Å². The zero-order valence-corrected chi connectivity index (χ0v) is 15.2. The lowest BCUT2D eigenvalue weighted by Gasteiger charge is -2.18. The summed E-state index contributed by atoms with van der Waals surface area (Å²) in [6, 6.07) is 18.4. The van der Waals surface area contributed by atoms with E-state index in [-0.39, 0.29) is 0 Å². The number of aliphatic hydroxyl groups is 1. The maximum Gasteiger partial charge on any atom is 0.106 e. The van der Waals surface area contributed by atoms with Crippen molar-refractivity contribution in [3.05, 3.63) is 79.3 Å². The third-order valence-electron chi connectivity index (χ3n) is 3.71. The molecule has 0 bridgehead atoms. The third-order valence-corrected chi connectivity index (χ3v) is 5.11. The molecule has 106 valence electrons. The first-order chi connectivity index (χ1) is 10.1. The molecule has 0 aliphatic heterocycles. The van der Waals surface area contributed by atoms with E-state index in [1.54, 1.807) is 0 Å². The fourth-order valence-electron chi connectivity index (χ4n) is 2.65. The van der Waals surface area contributed by atoms with E-state index >= 15 is 0 Å². The number of halogens is 2. The molecule has 0 radical (unpaired) electrons. The average molecular weight is 453 g/mol. The second-order valence-electron chi connectivity index (χ2n) is 5.09. The maximum atomic E-state index is 10.9. The van der Waals surface area contributed by atoms with E-state index in [0.29, 0.717) is 0 Å². The molecule has 3 aromatic carbocycles. The Morgan fingerprint density at radius 1 is 1.05 bits per heavy atom. The van der Waals surface area contributed by atoms with Crippen LogP contribution in [0.3, 0.4) is 0 Å². The molecule has 0 aliphatic carbocycles. The minimum atomic E-state index is -0.639. The highest BCUT2D eigenvalue weighted by molar-refractivity contribution is 14.1. The molecule has 3 aromatic rings. The summed E-state index contributed by atoms with van der Waals surface area (Å²) in [4.78, 5) is 0. The van der Waals surface area contributed by atoms with Crippen molar-refractivity contribution in [2.45, 2.75) is 13.0 Å². The van der Waals surface area contributed by atoms with Crippen LogP contribution in [0.5, 0.6) is 0 Å². The molecule has 1 nitrogen and oxygen atoms in total. The predicted molar refractivity (Wildman–Crippen MR) is 99.6 cm³/mol. The topological polar surface area (TPSA) is 20.2 Å². The van der Waals surface area contributed by atoms with Crippen molar-refractivity contribution < 1.29 is 5.11 Å². The highest BCUT2D eigenvalue weighted by Gasteiger charge is 2.18. The Labute approximate surface area is 146 Å². The Hall–Kier alpha value is -0.910. The summed E-state index contributed by atoms with van der Waals surface area (Å²) in [5.74, 6) is 0. The molecule has 0 aliphatic rings. The van der Waals surface area contributed by atoms with Crippen LogP contribution >= 0.6 is 38.5 Å². The van der Waals surface area contributed by atoms with Gasteiger partial charge in [0, 0.05) is 13.6 Å². The number of benzene rings is 3. The van der Waals surface area contributed by atoms with E-state index in [2.05, 4.69) is 62.8 Å². The fraction of sp³-hybridized carbons (Fsp3) is 0.111. The Balaban J connectivity index is 2.24. The van der Waals surface area contributed by atoms with Gasteiger partial charge in [0.05, 0.1) is 0 Å². The number of aryl methyl sites for hydroxylation is 1. The largest absolute Gasteiger partial charge is 0.384 e. The van der Waals surface area contributed by atoms with Gasteiger partial charge < -0.3 is 5.11 Å². The number of fused-ring (bicyclic) bond motifs is 1. The molecule has 21 heavy (non-hydrogen) atoms. The zero-order valence-electron chi connectivity index (χ0n) is 11.5. The molecule has 1 unspecified atom stereocenters. The molecule has 1 atom stereocenters. The number of hydrogen-bond donors (Lipinski definition) is 1. The highest BCUT2D eigenvalue weighted by Crippen LogP contribution is 2.35. The molecular weight excluding hydrogens is 439 g/mol. The molecule has 0 heterocycles. The van der Waals surface area contributed by atoms with Crippen LogP contribution in [-0.2, 0) is 0 Å². The number of rotatable bonds is 2. The maximum absolute atomic E-state index is 10.9. The summed E-state index contributed by atoms with van der Waals surface area (Å²) in [5.41, 5.74) is 2.99. The van der Waals surface area contributed by atoms with E-state index in [1.807, 2.05) is 37.3 Å². The first kappa shape index (κ1) is 15.0. The first-order valence-corrected chi connectivity index (χ1v) is 8.56. The monoisotopic (exact) mass is 452 g/mol. The van der Waals surface area contributed by atoms with Crippen LogP contribution < -0.4 is 0 Å². The summed E-state index contributed by atoms with van der Waals surface area (Å²) in [6.45, 7) is 2.05. The summed E-state index contributed by atoms with van der Waals surface area (Å²) < 4.78 is 2.05. The van der Waals surface area contributed by atoms with Crippen LogP contribution in [0.25, 0.3) is 10.8 Å². The molecule has 0 aromatic heterocycles. The van der Waals surface area contributed by atoms with Crippen LogP contribution in [0.2, 0.25) is 0 Å². The van der Waals surface area contributed by atoms with E-state index in [4.69, 9.17) is 0 Å². The summed E-state index contributed by atoms with van der Waals surface area (Å²) >= 11 is 5.82. The molecular formula is C18H14BrIO. The lowest BCUT2D eigenvalue weighted by Crippen LogP contribution is -2.04. The van der Waals surface area contributed by atoms with Gasteiger partial charge in [-0.25, -0.2) is 0 Å². The Bertz CT molecular complexity index is 813. The predicted octanol–water partition coefficient (Wildman–Crippen LogP) is 5.60. The van der Waals surface area contributed by atoms with Crippen LogP contribution in [0.15, 0.2) is 59.1 Å². The first-order valence-electron chi connectivity index (χ1n) is 6.69. The molecule has 0 amide bonds. The number of hydrogen-bond acceptors (Lipinski definition) is 1. The zero-order chi connectivity index (χ0) is 15.0. The Morgan fingerprint density at radius 2 is 1.81 bits per heavy atom. The van der Waals surface area contributed by atoms with Gasteiger partial charge in [-0.15, -0.1) is 0 Å². The minimum Gasteiger partial charge on any atom is -0.384 e. The molecule has 1 N–H and O–H groups in total. The third kappa shape index (κ3) is 2.87. The standard InChI is InChI=1S/C18H14BrIO/c1-11-6-7-12-4-2-3-5-14(12)17(11)18(21)15-10-13(20)8-9-16(15)19/h2-10,18,21H,1H3. The summed E-state index contributed by atoms with van der Waals surface area (Å²) in [7, 11) is 0.